The summed E-state index contributed by atoms with van der Waals surface area (Å²) in [7, 11) is 2.19. The SMILES string of the molecule is Cc1ccsc1CNC1CCN(C)C1. The molecule has 2 nitrogen and oxygen atoms in total. The first-order valence-corrected chi connectivity index (χ1v) is 6.08. The van der Waals surface area contributed by atoms with Gasteiger partial charge in [0.2, 0.25) is 0 Å². The molecular formula is C11H18N2S. The molecule has 1 aliphatic heterocycles. The van der Waals surface area contributed by atoms with E-state index in [9.17, 15) is 0 Å². The molecule has 1 N–H and O–H groups in total. The Balaban J connectivity index is 1.80. The zero-order valence-electron chi connectivity index (χ0n) is 8.92. The lowest BCUT2D eigenvalue weighted by Gasteiger charge is -2.12. The van der Waals surface area contributed by atoms with Crippen LogP contribution in [0.25, 0.3) is 0 Å². The van der Waals surface area contributed by atoms with Gasteiger partial charge in [0.1, 0.15) is 0 Å². The second kappa shape index (κ2) is 4.43. The predicted octanol–water partition coefficient (Wildman–Crippen LogP) is 1.85. The standard InChI is InChI=1S/C11H18N2S/c1-9-4-6-14-11(9)7-12-10-3-5-13(2)8-10/h4,6,10,12H,3,5,7-8H2,1-2H3. The average Bonchev–Trinajstić information content (AvgIpc) is 2.72. The van der Waals surface area contributed by atoms with E-state index in [-0.39, 0.29) is 0 Å². The molecule has 1 aromatic rings. The molecular weight excluding hydrogens is 192 g/mol. The van der Waals surface area contributed by atoms with Crippen molar-refractivity contribution < 1.29 is 0 Å². The first kappa shape index (κ1) is 10.1. The Kier molecular flexibility index (Phi) is 3.21. The summed E-state index contributed by atoms with van der Waals surface area (Å²) in [6.07, 6.45) is 1.29. The molecule has 0 amide bonds. The fraction of sp³-hybridized carbons (Fsp3) is 0.636. The lowest BCUT2D eigenvalue weighted by atomic mass is 10.2. The monoisotopic (exact) mass is 210 g/mol. The highest BCUT2D eigenvalue weighted by Crippen LogP contribution is 2.16. The maximum atomic E-state index is 3.62. The number of likely N-dealkylation sites (N-methyl/N-ethyl adjacent to an activating group) is 1. The Morgan fingerprint density at radius 1 is 1.64 bits per heavy atom. The van der Waals surface area contributed by atoms with Crippen LogP contribution in [0.2, 0.25) is 0 Å². The molecule has 14 heavy (non-hydrogen) atoms. The molecule has 1 saturated heterocycles. The van der Waals surface area contributed by atoms with Crippen molar-refractivity contribution >= 4 is 11.3 Å². The summed E-state index contributed by atoms with van der Waals surface area (Å²) in [6.45, 7) is 5.67. The van der Waals surface area contributed by atoms with Gasteiger partial charge in [0, 0.05) is 24.0 Å². The minimum absolute atomic E-state index is 0.696. The fourth-order valence-electron chi connectivity index (χ4n) is 1.92. The predicted molar refractivity (Wildman–Crippen MR) is 61.8 cm³/mol. The summed E-state index contributed by atoms with van der Waals surface area (Å²) in [4.78, 5) is 3.87. The molecule has 2 heterocycles. The van der Waals surface area contributed by atoms with Crippen molar-refractivity contribution in [3.63, 3.8) is 0 Å². The maximum absolute atomic E-state index is 3.62. The largest absolute Gasteiger partial charge is 0.308 e. The molecule has 0 radical (unpaired) electrons. The molecule has 0 saturated carbocycles. The number of likely N-dealkylation sites (tertiary alicyclic amines) is 1. The van der Waals surface area contributed by atoms with Crippen molar-refractivity contribution in [2.45, 2.75) is 25.9 Å². The number of thiophene rings is 1. The van der Waals surface area contributed by atoms with Crippen molar-refractivity contribution in [2.75, 3.05) is 20.1 Å². The van der Waals surface area contributed by atoms with E-state index in [0.717, 1.165) is 6.54 Å². The van der Waals surface area contributed by atoms with E-state index in [1.807, 2.05) is 11.3 Å². The van der Waals surface area contributed by atoms with Crippen molar-refractivity contribution in [2.24, 2.45) is 0 Å². The van der Waals surface area contributed by atoms with Gasteiger partial charge in [0.05, 0.1) is 0 Å². The first-order valence-electron chi connectivity index (χ1n) is 5.20. The van der Waals surface area contributed by atoms with Gasteiger partial charge in [-0.3, -0.25) is 0 Å². The fourth-order valence-corrected chi connectivity index (χ4v) is 2.78. The molecule has 0 spiro atoms. The van der Waals surface area contributed by atoms with Crippen LogP contribution in [0.3, 0.4) is 0 Å². The number of hydrogen-bond donors (Lipinski definition) is 1. The maximum Gasteiger partial charge on any atom is 0.0305 e. The van der Waals surface area contributed by atoms with Crippen molar-refractivity contribution in [3.8, 4) is 0 Å². The average molecular weight is 210 g/mol. The highest BCUT2D eigenvalue weighted by atomic mass is 32.1. The minimum atomic E-state index is 0.696. The third kappa shape index (κ3) is 2.35. The molecule has 0 bridgehead atoms. The molecule has 1 unspecified atom stereocenters. The van der Waals surface area contributed by atoms with Gasteiger partial charge in [-0.2, -0.15) is 0 Å². The Bertz CT molecular complexity index is 295. The van der Waals surface area contributed by atoms with E-state index >= 15 is 0 Å². The van der Waals surface area contributed by atoms with Crippen LogP contribution in [0.4, 0.5) is 0 Å². The van der Waals surface area contributed by atoms with Gasteiger partial charge in [-0.1, -0.05) is 0 Å². The highest BCUT2D eigenvalue weighted by Gasteiger charge is 2.18. The molecule has 1 aliphatic rings. The van der Waals surface area contributed by atoms with E-state index in [1.54, 1.807) is 0 Å². The van der Waals surface area contributed by atoms with Gasteiger partial charge in [0.25, 0.3) is 0 Å². The Morgan fingerprint density at radius 2 is 2.50 bits per heavy atom. The number of nitrogens with zero attached hydrogens (tertiary/aromatic N) is 1. The lowest BCUT2D eigenvalue weighted by Crippen LogP contribution is -2.30. The Labute approximate surface area is 89.9 Å². The van der Waals surface area contributed by atoms with Crippen molar-refractivity contribution in [1.82, 2.24) is 10.2 Å². The van der Waals surface area contributed by atoms with Gasteiger partial charge >= 0.3 is 0 Å². The van der Waals surface area contributed by atoms with Crippen molar-refractivity contribution in [3.05, 3.63) is 21.9 Å². The smallest absolute Gasteiger partial charge is 0.0305 e. The number of nitrogens with one attached hydrogen (secondary N) is 1. The zero-order valence-corrected chi connectivity index (χ0v) is 9.73. The number of rotatable bonds is 3. The van der Waals surface area contributed by atoms with Gasteiger partial charge < -0.3 is 10.2 Å². The van der Waals surface area contributed by atoms with E-state index in [2.05, 4.69) is 35.6 Å². The minimum Gasteiger partial charge on any atom is -0.308 e. The van der Waals surface area contributed by atoms with E-state index < -0.39 is 0 Å². The molecule has 0 aromatic carbocycles. The first-order chi connectivity index (χ1) is 6.75. The zero-order chi connectivity index (χ0) is 9.97. The summed E-state index contributed by atoms with van der Waals surface area (Å²) < 4.78 is 0. The van der Waals surface area contributed by atoms with Gasteiger partial charge in [-0.25, -0.2) is 0 Å². The Morgan fingerprint density at radius 3 is 3.07 bits per heavy atom. The normalized spacial score (nSPS) is 23.1. The molecule has 78 valence electrons. The topological polar surface area (TPSA) is 15.3 Å². The number of hydrogen-bond acceptors (Lipinski definition) is 3. The summed E-state index contributed by atoms with van der Waals surface area (Å²) in [5, 5.41) is 5.80. The van der Waals surface area contributed by atoms with E-state index in [0.29, 0.717) is 6.04 Å². The highest BCUT2D eigenvalue weighted by molar-refractivity contribution is 7.10. The van der Waals surface area contributed by atoms with Gasteiger partial charge in [-0.05, 0) is 43.9 Å². The lowest BCUT2D eigenvalue weighted by molar-refractivity contribution is 0.398. The summed E-state index contributed by atoms with van der Waals surface area (Å²) in [6, 6.07) is 2.89. The van der Waals surface area contributed by atoms with Crippen LogP contribution < -0.4 is 5.32 Å². The van der Waals surface area contributed by atoms with Crippen LogP contribution in [-0.4, -0.2) is 31.1 Å². The summed E-state index contributed by atoms with van der Waals surface area (Å²) >= 11 is 1.86. The summed E-state index contributed by atoms with van der Waals surface area (Å²) in [5.41, 5.74) is 1.42. The van der Waals surface area contributed by atoms with Crippen LogP contribution in [0.5, 0.6) is 0 Å². The van der Waals surface area contributed by atoms with Crippen LogP contribution in [-0.2, 0) is 6.54 Å². The molecule has 2 rings (SSSR count). The van der Waals surface area contributed by atoms with Gasteiger partial charge in [-0.15, -0.1) is 11.3 Å². The molecule has 3 heteroatoms. The molecule has 1 aromatic heterocycles. The number of aryl methyl sites for hydroxylation is 1. The Hall–Kier alpha value is -0.380. The van der Waals surface area contributed by atoms with Gasteiger partial charge in [0.15, 0.2) is 0 Å². The molecule has 1 atom stereocenters. The molecule has 1 fully saturated rings. The van der Waals surface area contributed by atoms with E-state index in [4.69, 9.17) is 0 Å². The summed E-state index contributed by atoms with van der Waals surface area (Å²) in [5.74, 6) is 0. The second-order valence-corrected chi connectivity index (χ2v) is 5.16. The van der Waals surface area contributed by atoms with Crippen LogP contribution in [0.15, 0.2) is 11.4 Å². The molecule has 0 aliphatic carbocycles. The van der Waals surface area contributed by atoms with E-state index in [1.165, 1.54) is 30.0 Å². The van der Waals surface area contributed by atoms with Crippen molar-refractivity contribution in [1.29, 1.82) is 0 Å². The second-order valence-electron chi connectivity index (χ2n) is 4.16. The van der Waals surface area contributed by atoms with Crippen LogP contribution in [0.1, 0.15) is 16.9 Å². The third-order valence-electron chi connectivity index (χ3n) is 2.91. The van der Waals surface area contributed by atoms with Crippen LogP contribution in [0, 0.1) is 6.92 Å². The third-order valence-corrected chi connectivity index (χ3v) is 3.93. The quantitative estimate of drug-likeness (QED) is 0.819. The van der Waals surface area contributed by atoms with Crippen LogP contribution >= 0.6 is 11.3 Å².